The van der Waals surface area contributed by atoms with Crippen molar-refractivity contribution in [3.05, 3.63) is 0 Å². The molecule has 120 valence electrons. The molecule has 0 aromatic carbocycles. The Balaban J connectivity index is 0.000000441. The summed E-state index contributed by atoms with van der Waals surface area (Å²) in [5, 5.41) is 10.4. The van der Waals surface area contributed by atoms with E-state index >= 15 is 0 Å². The van der Waals surface area contributed by atoms with E-state index in [-0.39, 0.29) is 6.10 Å². The van der Waals surface area contributed by atoms with Crippen LogP contribution in [0.4, 0.5) is 13.2 Å². The van der Waals surface area contributed by atoms with Crippen molar-refractivity contribution in [2.45, 2.75) is 18.7 Å². The molecule has 0 radical (unpaired) electrons. The maximum Gasteiger partial charge on any atom is 0.490 e. The van der Waals surface area contributed by atoms with E-state index in [0.29, 0.717) is 19.8 Å². The van der Waals surface area contributed by atoms with E-state index in [1.807, 2.05) is 0 Å². The first-order valence-electron chi connectivity index (χ1n) is 6.07. The Bertz CT molecular complexity index is 255. The van der Waals surface area contributed by atoms with Crippen molar-refractivity contribution in [1.29, 1.82) is 0 Å². The van der Waals surface area contributed by atoms with Gasteiger partial charge in [-0.25, -0.2) is 4.79 Å². The lowest BCUT2D eigenvalue weighted by Gasteiger charge is -2.14. The Kier molecular flexibility index (Phi) is 10.3. The minimum Gasteiger partial charge on any atom is -0.475 e. The number of ether oxygens (including phenoxy) is 3. The minimum atomic E-state index is -5.08. The molecule has 0 bridgehead atoms. The van der Waals surface area contributed by atoms with E-state index in [1.54, 1.807) is 7.11 Å². The van der Waals surface area contributed by atoms with Crippen LogP contribution in [0.2, 0.25) is 0 Å². The fraction of sp³-hybridized carbons (Fsp3) is 0.909. The Hall–Kier alpha value is -0.900. The van der Waals surface area contributed by atoms with E-state index in [9.17, 15) is 13.2 Å². The van der Waals surface area contributed by atoms with Crippen molar-refractivity contribution in [1.82, 2.24) is 5.32 Å². The highest BCUT2D eigenvalue weighted by atomic mass is 19.4. The molecular weight excluding hydrogens is 283 g/mol. The smallest absolute Gasteiger partial charge is 0.475 e. The van der Waals surface area contributed by atoms with E-state index in [1.165, 1.54) is 0 Å². The summed E-state index contributed by atoms with van der Waals surface area (Å²) in [6, 6.07) is 0. The summed E-state index contributed by atoms with van der Waals surface area (Å²) in [4.78, 5) is 8.90. The van der Waals surface area contributed by atoms with Gasteiger partial charge in [-0.05, 0) is 13.0 Å². The van der Waals surface area contributed by atoms with Gasteiger partial charge < -0.3 is 24.6 Å². The van der Waals surface area contributed by atoms with Gasteiger partial charge in [0.1, 0.15) is 0 Å². The molecule has 1 heterocycles. The van der Waals surface area contributed by atoms with E-state index in [2.05, 4.69) is 5.32 Å². The summed E-state index contributed by atoms with van der Waals surface area (Å²) in [5.41, 5.74) is 0. The quantitative estimate of drug-likeness (QED) is 0.727. The van der Waals surface area contributed by atoms with Gasteiger partial charge in [-0.3, -0.25) is 0 Å². The number of rotatable bonds is 5. The number of methoxy groups -OCH3 is 1. The van der Waals surface area contributed by atoms with Gasteiger partial charge in [-0.1, -0.05) is 0 Å². The Morgan fingerprint density at radius 1 is 1.40 bits per heavy atom. The monoisotopic (exact) mass is 303 g/mol. The van der Waals surface area contributed by atoms with Crippen molar-refractivity contribution in [2.75, 3.05) is 46.6 Å². The van der Waals surface area contributed by atoms with Crippen molar-refractivity contribution in [3.63, 3.8) is 0 Å². The van der Waals surface area contributed by atoms with E-state index in [4.69, 9.17) is 24.1 Å². The molecule has 0 saturated carbocycles. The molecule has 0 aromatic rings. The lowest BCUT2D eigenvalue weighted by molar-refractivity contribution is -0.192. The average molecular weight is 303 g/mol. The zero-order chi connectivity index (χ0) is 15.4. The molecule has 6 nitrogen and oxygen atoms in total. The summed E-state index contributed by atoms with van der Waals surface area (Å²) in [6.07, 6.45) is -3.79. The van der Waals surface area contributed by atoms with Crippen LogP contribution in [0.5, 0.6) is 0 Å². The first-order valence-corrected chi connectivity index (χ1v) is 6.07. The van der Waals surface area contributed by atoms with Crippen LogP contribution in [0, 0.1) is 0 Å². The number of hydrogen-bond donors (Lipinski definition) is 2. The number of aliphatic carboxylic acids is 1. The molecule has 1 rings (SSSR count). The van der Waals surface area contributed by atoms with Crippen LogP contribution in [-0.2, 0) is 19.0 Å². The zero-order valence-corrected chi connectivity index (χ0v) is 11.2. The highest BCUT2D eigenvalue weighted by Crippen LogP contribution is 2.13. The van der Waals surface area contributed by atoms with Crippen molar-refractivity contribution in [2.24, 2.45) is 0 Å². The first kappa shape index (κ1) is 19.1. The third-order valence-electron chi connectivity index (χ3n) is 2.25. The third-order valence-corrected chi connectivity index (χ3v) is 2.25. The van der Waals surface area contributed by atoms with Crippen LogP contribution in [0.15, 0.2) is 0 Å². The number of nitrogens with one attached hydrogen (secondary N) is 1. The van der Waals surface area contributed by atoms with Crippen molar-refractivity contribution < 1.29 is 37.3 Å². The number of carboxylic acids is 1. The molecule has 0 amide bonds. The average Bonchev–Trinajstić information content (AvgIpc) is 2.63. The number of carbonyl (C=O) groups is 1. The predicted molar refractivity (Wildman–Crippen MR) is 63.6 cm³/mol. The van der Waals surface area contributed by atoms with Gasteiger partial charge in [0.25, 0.3) is 0 Å². The van der Waals surface area contributed by atoms with Crippen molar-refractivity contribution in [3.8, 4) is 0 Å². The molecule has 0 aromatic heterocycles. The van der Waals surface area contributed by atoms with Gasteiger partial charge in [-0.2, -0.15) is 13.2 Å². The van der Waals surface area contributed by atoms with Gasteiger partial charge >= 0.3 is 12.1 Å². The zero-order valence-electron chi connectivity index (χ0n) is 11.2. The summed E-state index contributed by atoms with van der Waals surface area (Å²) < 4.78 is 47.6. The minimum absolute atomic E-state index is 0.256. The van der Waals surface area contributed by atoms with Crippen LogP contribution < -0.4 is 5.32 Å². The molecule has 0 unspecified atom stereocenters. The standard InChI is InChI=1S/C9H19NO3.C2HF3O2/c1-11-6-7-12-8-9-2-3-10-4-5-13-9;3-2(4,5)1(6)7/h9-10H,2-8H2,1H3;(H,6,7)/t9-;/m0./s1. The van der Waals surface area contributed by atoms with E-state index in [0.717, 1.165) is 26.1 Å². The molecule has 1 saturated heterocycles. The molecule has 0 aliphatic carbocycles. The first-order chi connectivity index (χ1) is 9.38. The Morgan fingerprint density at radius 3 is 2.60 bits per heavy atom. The van der Waals surface area contributed by atoms with Crippen molar-refractivity contribution >= 4 is 5.97 Å². The van der Waals surface area contributed by atoms with Crippen LogP contribution in [0.1, 0.15) is 6.42 Å². The van der Waals surface area contributed by atoms with Crippen LogP contribution in [0.3, 0.4) is 0 Å². The van der Waals surface area contributed by atoms with Crippen LogP contribution in [0.25, 0.3) is 0 Å². The Morgan fingerprint density at radius 2 is 2.05 bits per heavy atom. The van der Waals surface area contributed by atoms with Gasteiger partial charge in [0.05, 0.1) is 32.5 Å². The largest absolute Gasteiger partial charge is 0.490 e. The molecule has 0 spiro atoms. The van der Waals surface area contributed by atoms with Crippen LogP contribution >= 0.6 is 0 Å². The number of hydrogen-bond acceptors (Lipinski definition) is 5. The van der Waals surface area contributed by atoms with Gasteiger partial charge in [0.2, 0.25) is 0 Å². The number of alkyl halides is 3. The van der Waals surface area contributed by atoms with Crippen LogP contribution in [-0.4, -0.2) is 70.0 Å². The lowest BCUT2D eigenvalue weighted by atomic mass is 10.3. The second kappa shape index (κ2) is 10.8. The van der Waals surface area contributed by atoms with E-state index < -0.39 is 12.1 Å². The molecule has 1 fully saturated rings. The maximum atomic E-state index is 10.6. The van der Waals surface area contributed by atoms with Gasteiger partial charge in [-0.15, -0.1) is 0 Å². The maximum absolute atomic E-state index is 10.6. The summed E-state index contributed by atoms with van der Waals surface area (Å²) in [5.74, 6) is -2.76. The lowest BCUT2D eigenvalue weighted by Crippen LogP contribution is -2.21. The molecule has 9 heteroatoms. The van der Waals surface area contributed by atoms with Gasteiger partial charge in [0, 0.05) is 13.7 Å². The third kappa shape index (κ3) is 11.0. The predicted octanol–water partition coefficient (Wildman–Crippen LogP) is 0.661. The second-order valence-corrected chi connectivity index (χ2v) is 3.90. The highest BCUT2D eigenvalue weighted by Gasteiger charge is 2.38. The SMILES string of the molecule is COCCOC[C@@H]1CCNCCO1.O=C(O)C(F)(F)F. The fourth-order valence-corrected chi connectivity index (χ4v) is 1.26. The molecule has 1 atom stereocenters. The fourth-order valence-electron chi connectivity index (χ4n) is 1.26. The normalized spacial score (nSPS) is 19.7. The van der Waals surface area contributed by atoms with Gasteiger partial charge in [0.15, 0.2) is 0 Å². The molecule has 1 aliphatic heterocycles. The Labute approximate surface area is 115 Å². The second-order valence-electron chi connectivity index (χ2n) is 3.90. The highest BCUT2D eigenvalue weighted by molar-refractivity contribution is 5.73. The molecule has 2 N–H and O–H groups in total. The topological polar surface area (TPSA) is 77.0 Å². The summed E-state index contributed by atoms with van der Waals surface area (Å²) >= 11 is 0. The number of halogens is 3. The summed E-state index contributed by atoms with van der Waals surface area (Å²) in [6.45, 7) is 4.77. The molecular formula is C11H20F3NO5. The molecule has 20 heavy (non-hydrogen) atoms. The summed E-state index contributed by atoms with van der Waals surface area (Å²) in [7, 11) is 1.68. The number of carboxylic acid groups (broad SMARTS) is 1. The molecule has 1 aliphatic rings.